The van der Waals surface area contributed by atoms with E-state index < -0.39 is 0 Å². The molecule has 1 aliphatic heterocycles. The van der Waals surface area contributed by atoms with Crippen LogP contribution in [0.1, 0.15) is 11.3 Å². The number of nitrogens with one attached hydrogen (secondary N) is 2. The number of rotatable bonds is 2. The molecule has 0 unspecified atom stereocenters. The maximum atomic E-state index is 13.0. The molecule has 0 bridgehead atoms. The molecule has 17 heavy (non-hydrogen) atoms. The van der Waals surface area contributed by atoms with Crippen LogP contribution in [-0.4, -0.2) is 9.97 Å². The quantitative estimate of drug-likeness (QED) is 0.828. The van der Waals surface area contributed by atoms with Crippen LogP contribution in [0.15, 0.2) is 30.5 Å². The Morgan fingerprint density at radius 3 is 3.12 bits per heavy atom. The monoisotopic (exact) mass is 230 g/mol. The number of hydrogen-bond donors (Lipinski definition) is 2. The van der Waals surface area contributed by atoms with Crippen molar-refractivity contribution >= 4 is 11.6 Å². The molecule has 1 aromatic carbocycles. The fourth-order valence-electron chi connectivity index (χ4n) is 1.81. The minimum Gasteiger partial charge on any atom is -0.324 e. The fraction of sp³-hybridized carbons (Fsp3) is 0.167. The standard InChI is InChI=1S/C12H11FN4/c13-9-2-1-3-10(4-9)16-12-15-6-8-5-14-7-11(8)17-12/h1-4,6,14H,5,7H2,(H,15,16,17). The lowest BCUT2D eigenvalue weighted by molar-refractivity contribution is 0.628. The van der Waals surface area contributed by atoms with Crippen LogP contribution in [0, 0.1) is 5.82 Å². The first-order valence-electron chi connectivity index (χ1n) is 5.39. The molecule has 2 aromatic rings. The lowest BCUT2D eigenvalue weighted by Gasteiger charge is -2.05. The van der Waals surface area contributed by atoms with E-state index >= 15 is 0 Å². The zero-order valence-corrected chi connectivity index (χ0v) is 9.07. The molecule has 0 aliphatic carbocycles. The highest BCUT2D eigenvalue weighted by atomic mass is 19.1. The summed E-state index contributed by atoms with van der Waals surface area (Å²) < 4.78 is 13.0. The SMILES string of the molecule is Fc1cccc(Nc2ncc3c(n2)CNC3)c1. The molecule has 0 amide bonds. The van der Waals surface area contributed by atoms with Crippen molar-refractivity contribution in [2.24, 2.45) is 0 Å². The van der Waals surface area contributed by atoms with E-state index in [1.807, 2.05) is 0 Å². The molecule has 0 atom stereocenters. The molecule has 0 saturated carbocycles. The first kappa shape index (κ1) is 10.2. The Labute approximate surface area is 97.9 Å². The summed E-state index contributed by atoms with van der Waals surface area (Å²) in [5.74, 6) is 0.218. The minimum atomic E-state index is -0.280. The van der Waals surface area contributed by atoms with Gasteiger partial charge in [-0.3, -0.25) is 0 Å². The van der Waals surface area contributed by atoms with Gasteiger partial charge >= 0.3 is 0 Å². The summed E-state index contributed by atoms with van der Waals surface area (Å²) in [6.45, 7) is 1.57. The second-order valence-electron chi connectivity index (χ2n) is 3.90. The summed E-state index contributed by atoms with van der Waals surface area (Å²) >= 11 is 0. The van der Waals surface area contributed by atoms with Crippen LogP contribution in [0.3, 0.4) is 0 Å². The highest BCUT2D eigenvalue weighted by Crippen LogP contribution is 2.17. The van der Waals surface area contributed by atoms with Gasteiger partial charge in [0.15, 0.2) is 0 Å². The lowest BCUT2D eigenvalue weighted by Crippen LogP contribution is -2.01. The van der Waals surface area contributed by atoms with Crippen LogP contribution in [0.25, 0.3) is 0 Å². The van der Waals surface area contributed by atoms with Crippen molar-refractivity contribution in [2.45, 2.75) is 13.1 Å². The van der Waals surface area contributed by atoms with Crippen molar-refractivity contribution in [3.05, 3.63) is 47.5 Å². The Kier molecular flexibility index (Phi) is 2.45. The van der Waals surface area contributed by atoms with Gasteiger partial charge in [-0.05, 0) is 18.2 Å². The number of halogens is 1. The molecule has 5 heteroatoms. The van der Waals surface area contributed by atoms with Crippen LogP contribution >= 0.6 is 0 Å². The van der Waals surface area contributed by atoms with Gasteiger partial charge in [0.05, 0.1) is 5.69 Å². The van der Waals surface area contributed by atoms with Gasteiger partial charge in [0.1, 0.15) is 5.82 Å². The Morgan fingerprint density at radius 1 is 1.29 bits per heavy atom. The van der Waals surface area contributed by atoms with E-state index in [-0.39, 0.29) is 5.82 Å². The lowest BCUT2D eigenvalue weighted by atomic mass is 10.3. The maximum absolute atomic E-state index is 13.0. The molecule has 4 nitrogen and oxygen atoms in total. The van der Waals surface area contributed by atoms with Gasteiger partial charge in [-0.1, -0.05) is 6.07 Å². The largest absolute Gasteiger partial charge is 0.324 e. The normalized spacial score (nSPS) is 13.5. The summed E-state index contributed by atoms with van der Waals surface area (Å²) in [6.07, 6.45) is 1.80. The summed E-state index contributed by atoms with van der Waals surface area (Å²) in [5.41, 5.74) is 2.77. The number of benzene rings is 1. The second-order valence-corrected chi connectivity index (χ2v) is 3.90. The van der Waals surface area contributed by atoms with Gasteiger partial charge < -0.3 is 10.6 Å². The Bertz CT molecular complexity index is 556. The van der Waals surface area contributed by atoms with Gasteiger partial charge in [0.25, 0.3) is 0 Å². The topological polar surface area (TPSA) is 49.8 Å². The highest BCUT2D eigenvalue weighted by molar-refractivity contribution is 5.53. The molecule has 3 rings (SSSR count). The van der Waals surface area contributed by atoms with Crippen molar-refractivity contribution in [1.82, 2.24) is 15.3 Å². The molecule has 0 fully saturated rings. The van der Waals surface area contributed by atoms with Crippen molar-refractivity contribution < 1.29 is 4.39 Å². The van der Waals surface area contributed by atoms with Crippen LogP contribution < -0.4 is 10.6 Å². The molecule has 0 radical (unpaired) electrons. The van der Waals surface area contributed by atoms with E-state index in [4.69, 9.17) is 0 Å². The van der Waals surface area contributed by atoms with Crippen molar-refractivity contribution in [3.63, 3.8) is 0 Å². The molecule has 0 spiro atoms. The number of fused-ring (bicyclic) bond motifs is 1. The molecule has 0 saturated heterocycles. The summed E-state index contributed by atoms with van der Waals surface area (Å²) in [5, 5.41) is 6.18. The molecule has 2 heterocycles. The summed E-state index contributed by atoms with van der Waals surface area (Å²) in [7, 11) is 0. The summed E-state index contributed by atoms with van der Waals surface area (Å²) in [6, 6.07) is 6.23. The predicted molar refractivity (Wildman–Crippen MR) is 62.3 cm³/mol. The van der Waals surface area contributed by atoms with E-state index in [1.165, 1.54) is 12.1 Å². The number of aromatic nitrogens is 2. The first-order valence-corrected chi connectivity index (χ1v) is 5.39. The third-order valence-electron chi connectivity index (χ3n) is 2.64. The van der Waals surface area contributed by atoms with E-state index in [0.717, 1.165) is 24.3 Å². The third-order valence-corrected chi connectivity index (χ3v) is 2.64. The summed E-state index contributed by atoms with van der Waals surface area (Å²) in [4.78, 5) is 8.56. The zero-order valence-electron chi connectivity index (χ0n) is 9.07. The highest BCUT2D eigenvalue weighted by Gasteiger charge is 2.12. The Morgan fingerprint density at radius 2 is 2.24 bits per heavy atom. The average Bonchev–Trinajstić information content (AvgIpc) is 2.76. The van der Waals surface area contributed by atoms with Crippen LogP contribution in [0.5, 0.6) is 0 Å². The van der Waals surface area contributed by atoms with Gasteiger partial charge in [-0.2, -0.15) is 0 Å². The van der Waals surface area contributed by atoms with Crippen molar-refractivity contribution in [1.29, 1.82) is 0 Å². The van der Waals surface area contributed by atoms with Gasteiger partial charge in [0.2, 0.25) is 5.95 Å². The number of nitrogens with zero attached hydrogens (tertiary/aromatic N) is 2. The van der Waals surface area contributed by atoms with E-state index in [9.17, 15) is 4.39 Å². The number of hydrogen-bond acceptors (Lipinski definition) is 4. The fourth-order valence-corrected chi connectivity index (χ4v) is 1.81. The van der Waals surface area contributed by atoms with Gasteiger partial charge in [-0.25, -0.2) is 14.4 Å². The Balaban J connectivity index is 1.86. The van der Waals surface area contributed by atoms with E-state index in [1.54, 1.807) is 18.3 Å². The predicted octanol–water partition coefficient (Wildman–Crippen LogP) is 1.96. The molecular weight excluding hydrogens is 219 g/mol. The Hall–Kier alpha value is -2.01. The van der Waals surface area contributed by atoms with Crippen molar-refractivity contribution in [2.75, 3.05) is 5.32 Å². The average molecular weight is 230 g/mol. The molecule has 1 aliphatic rings. The van der Waals surface area contributed by atoms with E-state index in [2.05, 4.69) is 20.6 Å². The van der Waals surface area contributed by atoms with Gasteiger partial charge in [0, 0.05) is 30.5 Å². The van der Waals surface area contributed by atoms with E-state index in [0.29, 0.717) is 11.6 Å². The number of anilines is 2. The van der Waals surface area contributed by atoms with Crippen LogP contribution in [-0.2, 0) is 13.1 Å². The zero-order chi connectivity index (χ0) is 11.7. The second kappa shape index (κ2) is 4.10. The smallest absolute Gasteiger partial charge is 0.227 e. The molecular formula is C12H11FN4. The minimum absolute atomic E-state index is 0.280. The van der Waals surface area contributed by atoms with Crippen LogP contribution in [0.4, 0.5) is 16.0 Å². The van der Waals surface area contributed by atoms with Gasteiger partial charge in [-0.15, -0.1) is 0 Å². The maximum Gasteiger partial charge on any atom is 0.227 e. The third kappa shape index (κ3) is 2.09. The molecule has 1 aromatic heterocycles. The molecule has 2 N–H and O–H groups in total. The van der Waals surface area contributed by atoms with Crippen molar-refractivity contribution in [3.8, 4) is 0 Å². The molecule has 86 valence electrons. The first-order chi connectivity index (χ1) is 8.31. The van der Waals surface area contributed by atoms with Crippen LogP contribution in [0.2, 0.25) is 0 Å².